The van der Waals surface area contributed by atoms with Gasteiger partial charge in [0.05, 0.1) is 5.69 Å². The minimum absolute atomic E-state index is 0.316. The molecule has 1 aromatic heterocycles. The third kappa shape index (κ3) is 4.00. The summed E-state index contributed by atoms with van der Waals surface area (Å²) in [7, 11) is 3.90. The van der Waals surface area contributed by atoms with E-state index in [-0.39, 0.29) is 0 Å². The molecule has 0 aliphatic heterocycles. The van der Waals surface area contributed by atoms with Crippen molar-refractivity contribution in [3.05, 3.63) is 16.4 Å². The van der Waals surface area contributed by atoms with Crippen molar-refractivity contribution in [1.82, 2.24) is 15.1 Å². The molecule has 1 atom stereocenters. The fraction of sp³-hybridized carbons (Fsp3) is 0.769. The number of halogens is 1. The molecular weight excluding hydrogens is 234 g/mol. The summed E-state index contributed by atoms with van der Waals surface area (Å²) in [6.07, 6.45) is 2.06. The molecule has 0 spiro atoms. The molecule has 0 aliphatic rings. The minimum Gasteiger partial charge on any atom is -0.317 e. The molecule has 1 N–H and O–H groups in total. The molecule has 0 aromatic carbocycles. The maximum atomic E-state index is 6.26. The van der Waals surface area contributed by atoms with Crippen molar-refractivity contribution in [2.45, 2.75) is 46.6 Å². The van der Waals surface area contributed by atoms with Crippen LogP contribution in [0.25, 0.3) is 0 Å². The monoisotopic (exact) mass is 257 g/mol. The molecule has 1 heterocycles. The number of rotatable bonds is 4. The molecule has 1 unspecified atom stereocenters. The Bertz CT molecular complexity index is 377. The highest BCUT2D eigenvalue weighted by Gasteiger charge is 2.21. The van der Waals surface area contributed by atoms with E-state index in [1.807, 2.05) is 21.0 Å². The molecule has 17 heavy (non-hydrogen) atoms. The molecule has 0 saturated carbocycles. The fourth-order valence-corrected chi connectivity index (χ4v) is 2.42. The van der Waals surface area contributed by atoms with Gasteiger partial charge in [-0.15, -0.1) is 0 Å². The van der Waals surface area contributed by atoms with E-state index in [1.54, 1.807) is 4.68 Å². The van der Waals surface area contributed by atoms with E-state index in [9.17, 15) is 0 Å². The molecule has 0 amide bonds. The van der Waals surface area contributed by atoms with Crippen molar-refractivity contribution in [3.63, 3.8) is 0 Å². The third-order valence-corrected chi connectivity index (χ3v) is 3.46. The topological polar surface area (TPSA) is 29.9 Å². The van der Waals surface area contributed by atoms with Crippen molar-refractivity contribution in [2.75, 3.05) is 7.05 Å². The van der Waals surface area contributed by atoms with Gasteiger partial charge in [-0.2, -0.15) is 5.10 Å². The highest BCUT2D eigenvalue weighted by Crippen LogP contribution is 2.26. The summed E-state index contributed by atoms with van der Waals surface area (Å²) in [5.41, 5.74) is 2.51. The van der Waals surface area contributed by atoms with E-state index in [4.69, 9.17) is 11.6 Å². The number of aryl methyl sites for hydroxylation is 2. The van der Waals surface area contributed by atoms with Crippen LogP contribution >= 0.6 is 11.6 Å². The predicted octanol–water partition coefficient (Wildman–Crippen LogP) is 2.95. The summed E-state index contributed by atoms with van der Waals surface area (Å²) in [4.78, 5) is 0. The van der Waals surface area contributed by atoms with Crippen LogP contribution in [0.5, 0.6) is 0 Å². The number of hydrogen-bond acceptors (Lipinski definition) is 2. The van der Waals surface area contributed by atoms with E-state index in [1.165, 1.54) is 0 Å². The highest BCUT2D eigenvalue weighted by molar-refractivity contribution is 6.30. The average molecular weight is 258 g/mol. The second-order valence-corrected chi connectivity index (χ2v) is 6.29. The lowest BCUT2D eigenvalue weighted by atomic mass is 9.86. The molecule has 0 fully saturated rings. The van der Waals surface area contributed by atoms with Gasteiger partial charge in [-0.05, 0) is 32.2 Å². The SMILES string of the molecule is CNC(Cc1c(C)nn(C)c1Cl)CC(C)(C)C. The summed E-state index contributed by atoms with van der Waals surface area (Å²) in [6.45, 7) is 8.80. The van der Waals surface area contributed by atoms with Gasteiger partial charge in [0.15, 0.2) is 0 Å². The van der Waals surface area contributed by atoms with Crippen LogP contribution in [-0.2, 0) is 13.5 Å². The molecule has 1 aromatic rings. The Morgan fingerprint density at radius 2 is 2.00 bits per heavy atom. The average Bonchev–Trinajstić information content (AvgIpc) is 2.42. The van der Waals surface area contributed by atoms with Gasteiger partial charge < -0.3 is 5.32 Å². The summed E-state index contributed by atoms with van der Waals surface area (Å²) in [6, 6.07) is 0.440. The molecule has 4 heteroatoms. The van der Waals surface area contributed by atoms with Crippen LogP contribution in [0.3, 0.4) is 0 Å². The molecule has 98 valence electrons. The van der Waals surface area contributed by atoms with Crippen LogP contribution in [0.1, 0.15) is 38.4 Å². The van der Waals surface area contributed by atoms with Crippen LogP contribution < -0.4 is 5.32 Å². The Kier molecular flexibility index (Phi) is 4.62. The smallest absolute Gasteiger partial charge is 0.130 e. The number of likely N-dealkylation sites (N-methyl/N-ethyl adjacent to an activating group) is 1. The summed E-state index contributed by atoms with van der Waals surface area (Å²) >= 11 is 6.26. The van der Waals surface area contributed by atoms with Gasteiger partial charge in [-0.25, -0.2) is 0 Å². The van der Waals surface area contributed by atoms with Gasteiger partial charge in [0, 0.05) is 18.7 Å². The minimum atomic E-state index is 0.316. The molecule has 0 aliphatic carbocycles. The third-order valence-electron chi connectivity index (χ3n) is 2.99. The Morgan fingerprint density at radius 3 is 2.35 bits per heavy atom. The van der Waals surface area contributed by atoms with E-state index in [0.717, 1.165) is 29.3 Å². The molecule has 1 rings (SSSR count). The fourth-order valence-electron chi connectivity index (χ4n) is 2.17. The van der Waals surface area contributed by atoms with Gasteiger partial charge in [-0.1, -0.05) is 32.4 Å². The van der Waals surface area contributed by atoms with Crippen molar-refractivity contribution < 1.29 is 0 Å². The Morgan fingerprint density at radius 1 is 1.41 bits per heavy atom. The van der Waals surface area contributed by atoms with Gasteiger partial charge in [0.25, 0.3) is 0 Å². The number of hydrogen-bond donors (Lipinski definition) is 1. The largest absolute Gasteiger partial charge is 0.317 e. The first kappa shape index (κ1) is 14.5. The number of aromatic nitrogens is 2. The maximum absolute atomic E-state index is 6.26. The zero-order chi connectivity index (χ0) is 13.2. The van der Waals surface area contributed by atoms with Crippen molar-refractivity contribution in [2.24, 2.45) is 12.5 Å². The van der Waals surface area contributed by atoms with E-state index >= 15 is 0 Å². The molecule has 0 saturated heterocycles. The van der Waals surface area contributed by atoms with Crippen LogP contribution in [0.4, 0.5) is 0 Å². The molecule has 3 nitrogen and oxygen atoms in total. The van der Waals surface area contributed by atoms with Gasteiger partial charge in [0.2, 0.25) is 0 Å². The van der Waals surface area contributed by atoms with Crippen LogP contribution in [0.2, 0.25) is 5.15 Å². The lowest BCUT2D eigenvalue weighted by Gasteiger charge is -2.25. The van der Waals surface area contributed by atoms with Gasteiger partial charge in [-0.3, -0.25) is 4.68 Å². The predicted molar refractivity (Wildman–Crippen MR) is 73.6 cm³/mol. The lowest BCUT2D eigenvalue weighted by Crippen LogP contribution is -2.32. The lowest BCUT2D eigenvalue weighted by molar-refractivity contribution is 0.315. The highest BCUT2D eigenvalue weighted by atomic mass is 35.5. The Hall–Kier alpha value is -0.540. The number of nitrogens with one attached hydrogen (secondary N) is 1. The van der Waals surface area contributed by atoms with E-state index in [2.05, 4.69) is 31.2 Å². The van der Waals surface area contributed by atoms with E-state index in [0.29, 0.717) is 11.5 Å². The van der Waals surface area contributed by atoms with Crippen LogP contribution in [-0.4, -0.2) is 22.9 Å². The quantitative estimate of drug-likeness (QED) is 0.899. The van der Waals surface area contributed by atoms with Gasteiger partial charge >= 0.3 is 0 Å². The molecular formula is C13H24ClN3. The van der Waals surface area contributed by atoms with Crippen molar-refractivity contribution in [1.29, 1.82) is 0 Å². The molecule has 0 radical (unpaired) electrons. The first-order valence-electron chi connectivity index (χ1n) is 6.10. The summed E-state index contributed by atoms with van der Waals surface area (Å²) in [5.74, 6) is 0. The molecule has 0 bridgehead atoms. The zero-order valence-electron chi connectivity index (χ0n) is 11.8. The second kappa shape index (κ2) is 5.40. The zero-order valence-corrected chi connectivity index (χ0v) is 12.5. The second-order valence-electron chi connectivity index (χ2n) is 5.93. The summed E-state index contributed by atoms with van der Waals surface area (Å²) in [5, 5.41) is 8.49. The maximum Gasteiger partial charge on any atom is 0.130 e. The number of nitrogens with zero attached hydrogens (tertiary/aromatic N) is 2. The normalized spacial score (nSPS) is 14.1. The Labute approximate surface area is 110 Å². The van der Waals surface area contributed by atoms with Gasteiger partial charge in [0.1, 0.15) is 5.15 Å². The van der Waals surface area contributed by atoms with Crippen molar-refractivity contribution in [3.8, 4) is 0 Å². The Balaban J connectivity index is 2.81. The first-order chi connectivity index (χ1) is 7.74. The van der Waals surface area contributed by atoms with E-state index < -0.39 is 0 Å². The van der Waals surface area contributed by atoms with Crippen molar-refractivity contribution >= 4 is 11.6 Å². The summed E-state index contributed by atoms with van der Waals surface area (Å²) < 4.78 is 1.75. The van der Waals surface area contributed by atoms with Crippen LogP contribution in [0.15, 0.2) is 0 Å². The standard InChI is InChI=1S/C13H24ClN3/c1-9-11(12(14)17(6)16-9)7-10(15-5)8-13(2,3)4/h10,15H,7-8H2,1-6H3. The first-order valence-corrected chi connectivity index (χ1v) is 6.47. The van der Waals surface area contributed by atoms with Crippen LogP contribution in [0, 0.1) is 12.3 Å².